The van der Waals surface area contributed by atoms with Gasteiger partial charge in [-0.25, -0.2) is 4.79 Å². The van der Waals surface area contributed by atoms with E-state index in [9.17, 15) is 38.7 Å². The van der Waals surface area contributed by atoms with Crippen LogP contribution in [0.1, 0.15) is 163 Å². The summed E-state index contributed by atoms with van der Waals surface area (Å²) in [7, 11) is 0. The number of carboxylic acid groups (broad SMARTS) is 3. The van der Waals surface area contributed by atoms with Crippen molar-refractivity contribution in [3.05, 3.63) is 0 Å². The Balaban J connectivity index is -0.000000214. The van der Waals surface area contributed by atoms with E-state index < -0.39 is 29.9 Å². The Morgan fingerprint density at radius 3 is 1.25 bits per heavy atom. The van der Waals surface area contributed by atoms with Crippen molar-refractivity contribution in [2.45, 2.75) is 168 Å². The lowest BCUT2D eigenvalue weighted by molar-refractivity contribution is -0.142. The number of amides is 3. The number of ketones is 1. The fourth-order valence-electron chi connectivity index (χ4n) is 6.07. The molecule has 0 aliphatic rings. The number of thiol groups is 5. The molecule has 0 saturated heterocycles. The molecule has 0 aromatic heterocycles. The predicted octanol–water partition coefficient (Wildman–Crippen LogP) is 8.26. The third-order valence-corrected chi connectivity index (χ3v) is 9.72. The summed E-state index contributed by atoms with van der Waals surface area (Å²) in [5.74, 6) is -4.13. The van der Waals surface area contributed by atoms with E-state index in [1.54, 1.807) is 6.92 Å². The summed E-state index contributed by atoms with van der Waals surface area (Å²) in [6.07, 6.45) is 18.4. The van der Waals surface area contributed by atoms with Gasteiger partial charge in [-0.2, -0.15) is 107 Å². The minimum atomic E-state index is -1.16. The van der Waals surface area contributed by atoms with Crippen molar-refractivity contribution in [1.82, 2.24) is 16.0 Å². The van der Waals surface area contributed by atoms with Gasteiger partial charge in [-0.3, -0.25) is 28.8 Å². The molecule has 0 bridgehead atoms. The largest absolute Gasteiger partial charge is 0.481 e. The van der Waals surface area contributed by atoms with Gasteiger partial charge in [0.05, 0.1) is 44.9 Å². The number of rotatable bonds is 45. The zero-order valence-corrected chi connectivity index (χ0v) is 54.7. The Bertz CT molecular complexity index is 1250. The first-order valence-electron chi connectivity index (χ1n) is 23.3. The summed E-state index contributed by atoms with van der Waals surface area (Å²) in [4.78, 5) is 81.2. The Hall–Kier alpha value is 0.490. The zero-order chi connectivity index (χ0) is 51.2. The Labute approximate surface area is 527 Å². The average Bonchev–Trinajstić information content (AvgIpc) is 3.30. The number of unbranched alkanes of at least 4 members (excludes halogenated alkanes) is 14. The molecule has 0 unspecified atom stereocenters. The van der Waals surface area contributed by atoms with Gasteiger partial charge in [-0.15, -0.1) is 46.6 Å². The molecule has 18 nitrogen and oxygen atoms in total. The fraction of sp³-hybridized carbons (Fsp3) is 0.844. The molecule has 0 spiro atoms. The topological polar surface area (TPSA) is 273 Å². The van der Waals surface area contributed by atoms with Crippen LogP contribution in [0.2, 0.25) is 0 Å². The number of aliphatic carboxylic acids is 3. The molecule has 2 atom stereocenters. The molecule has 0 radical (unpaired) electrons. The summed E-state index contributed by atoms with van der Waals surface area (Å²) in [6, 6.07) is -1.10. The molecule has 75 heavy (non-hydrogen) atoms. The number of aliphatic hydroxyl groups excluding tert-OH is 1. The normalized spacial score (nSPS) is 10.1. The average molecular weight is 1310 g/mol. The van der Waals surface area contributed by atoms with Crippen LogP contribution in [0.5, 0.6) is 0 Å². The predicted molar refractivity (Wildman–Crippen MR) is 358 cm³/mol. The Morgan fingerprint density at radius 1 is 0.453 bits per heavy atom. The summed E-state index contributed by atoms with van der Waals surface area (Å²) in [5, 5.41) is 42.4. The maximum Gasteiger partial charge on any atom is 0.326 e. The molecule has 7 N–H and O–H groups in total. The first kappa shape index (κ1) is 104. The molecule has 0 heterocycles. The van der Waals surface area contributed by atoms with Crippen molar-refractivity contribution < 1.29 is 74.4 Å². The van der Waals surface area contributed by atoms with Gasteiger partial charge in [-0.1, -0.05) is 97.8 Å². The number of hydrogen-bond acceptors (Lipinski definition) is 17. The highest BCUT2D eigenvalue weighted by molar-refractivity contribution is 8.59. The minimum Gasteiger partial charge on any atom is -0.481 e. The maximum absolute atomic E-state index is 12.3. The van der Waals surface area contributed by atoms with Crippen molar-refractivity contribution in [3.8, 4) is 0 Å². The van der Waals surface area contributed by atoms with Crippen LogP contribution in [0.4, 0.5) is 0 Å². The Morgan fingerprint density at radius 2 is 0.840 bits per heavy atom. The van der Waals surface area contributed by atoms with E-state index in [1.165, 1.54) is 44.9 Å². The van der Waals surface area contributed by atoms with Crippen LogP contribution in [0.15, 0.2) is 0 Å². The molecule has 3 amide bonds. The molecule has 0 aliphatic carbocycles. The summed E-state index contributed by atoms with van der Waals surface area (Å²) in [5.41, 5.74) is 0. The number of aliphatic hydroxyl groups is 1. The highest BCUT2D eigenvalue weighted by Crippen LogP contribution is 2.14. The maximum atomic E-state index is 12.3. The smallest absolute Gasteiger partial charge is 0.326 e. The van der Waals surface area contributed by atoms with Crippen LogP contribution < -0.4 is 16.0 Å². The van der Waals surface area contributed by atoms with Crippen molar-refractivity contribution in [3.63, 3.8) is 0 Å². The molecule has 462 valence electrons. The van der Waals surface area contributed by atoms with E-state index in [4.69, 9.17) is 34.3 Å². The van der Waals surface area contributed by atoms with Gasteiger partial charge < -0.3 is 55.3 Å². The fourth-order valence-corrected chi connectivity index (χ4v) is 6.07. The number of carboxylic acids is 3. The van der Waals surface area contributed by atoms with Gasteiger partial charge in [0.2, 0.25) is 17.7 Å². The second-order valence-electron chi connectivity index (χ2n) is 15.4. The summed E-state index contributed by atoms with van der Waals surface area (Å²) >= 11 is 16.2. The number of ether oxygens (including phenoxy) is 4. The lowest BCUT2D eigenvalue weighted by Gasteiger charge is -2.14. The van der Waals surface area contributed by atoms with Crippen LogP contribution in [0.25, 0.3) is 0 Å². The quantitative estimate of drug-likeness (QED) is 0.0118. The van der Waals surface area contributed by atoms with Crippen molar-refractivity contribution >= 4 is 195 Å². The van der Waals surface area contributed by atoms with Crippen molar-refractivity contribution in [1.29, 1.82) is 0 Å². The van der Waals surface area contributed by atoms with E-state index in [-0.39, 0.29) is 218 Å². The number of nitrogens with one attached hydrogen (secondary N) is 3. The van der Waals surface area contributed by atoms with Gasteiger partial charge in [0.1, 0.15) is 25.0 Å². The van der Waals surface area contributed by atoms with E-state index in [0.29, 0.717) is 45.3 Å². The second kappa shape index (κ2) is 85.8. The van der Waals surface area contributed by atoms with Crippen LogP contribution in [0.3, 0.4) is 0 Å². The standard InChI is InChI=1S/C43H77N3O14.CH4OS.CH4.2H2S2.7H2S.H2/c1-35(42(53)54)19-16-17-25-44-39(49)33-60-32-30-58-28-26-45-40(50)34-59-31-29-57-27-18-20-36(47)23-24-37(43(55)56)46-38(48)21-14-12-10-8-6-4-2-3-5-7-9-11-13-15-22-41(51)52;2-1-3;;2*1-2;;;;;;;;/h35,37H,2-34H2,1H3,(H,44,49)(H,45,50)(H,46,48)(H,51,52)(H,53,54)(H,55,56);2-3H,1H2;1H4;2*1-2H;7*1H2;1H/t35-,37-;;;;;;;;;;;;/m0............/s1. The molecule has 30 heteroatoms. The molecular weight excluding hydrogens is 1210 g/mol. The molecule has 0 rings (SSSR count). The second-order valence-corrected chi connectivity index (χ2v) is 15.7. The van der Waals surface area contributed by atoms with Gasteiger partial charge in [0.15, 0.2) is 0 Å². The SMILES string of the molecule is C.C[C@@H](CCCCNC(=O)COCCOCCNC(=O)COCCOCCCC(=O)CC[C@H](NC(=O)CCCCCCCCCCCCCCCCC(=O)O)C(=O)O)C(=O)O.OCS.S.S.S.S.S.S.S.SS.SS.[HH]. The third kappa shape index (κ3) is 88.5. The highest BCUT2D eigenvalue weighted by Gasteiger charge is 2.21. The van der Waals surface area contributed by atoms with Crippen LogP contribution >= 0.6 is 154 Å². The number of hydrogen-bond donors (Lipinski definition) is 12. The Kier molecular flexibility index (Phi) is 119. The van der Waals surface area contributed by atoms with E-state index in [2.05, 4.69) is 75.2 Å². The van der Waals surface area contributed by atoms with Crippen molar-refractivity contribution in [2.24, 2.45) is 5.92 Å². The van der Waals surface area contributed by atoms with E-state index in [1.807, 2.05) is 0 Å². The first-order valence-corrected chi connectivity index (χ1v) is 27.1. The molecular formula is C45H105N3O15S12. The molecule has 0 aromatic carbocycles. The van der Waals surface area contributed by atoms with Gasteiger partial charge in [0.25, 0.3) is 0 Å². The molecule has 0 fully saturated rings. The lowest BCUT2D eigenvalue weighted by atomic mass is 10.0. The first-order chi connectivity index (χ1) is 32.3. The molecule has 0 saturated carbocycles. The number of carbonyl (C=O) groups excluding carboxylic acids is 4. The van der Waals surface area contributed by atoms with Gasteiger partial charge >= 0.3 is 17.9 Å². The summed E-state index contributed by atoms with van der Waals surface area (Å²) in [6.45, 7) is 3.61. The highest BCUT2D eigenvalue weighted by atomic mass is 33.1. The third-order valence-electron chi connectivity index (χ3n) is 9.72. The van der Waals surface area contributed by atoms with Gasteiger partial charge in [-0.05, 0) is 38.5 Å². The van der Waals surface area contributed by atoms with Crippen LogP contribution in [-0.2, 0) is 52.5 Å². The number of carbonyl (C=O) groups is 7. The molecule has 0 aliphatic heterocycles. The lowest BCUT2D eigenvalue weighted by Crippen LogP contribution is -2.41. The van der Waals surface area contributed by atoms with Crippen LogP contribution in [0, 0.1) is 5.92 Å². The summed E-state index contributed by atoms with van der Waals surface area (Å²) < 4.78 is 21.3. The van der Waals surface area contributed by atoms with E-state index >= 15 is 0 Å². The monoisotopic (exact) mass is 1310 g/mol. The molecule has 0 aromatic rings. The van der Waals surface area contributed by atoms with Crippen molar-refractivity contribution in [2.75, 3.05) is 71.9 Å². The number of Topliss-reactive ketones (excluding diaryl/α,β-unsaturated/α-hetero) is 1. The van der Waals surface area contributed by atoms with Gasteiger partial charge in [0, 0.05) is 46.8 Å². The minimum absolute atomic E-state index is 0. The van der Waals surface area contributed by atoms with Crippen LogP contribution in [-0.4, -0.2) is 140 Å². The van der Waals surface area contributed by atoms with E-state index in [0.717, 1.165) is 38.5 Å². The zero-order valence-electron chi connectivity index (χ0n) is 43.2.